The van der Waals surface area contributed by atoms with Crippen LogP contribution in [0.5, 0.6) is 0 Å². The summed E-state index contributed by atoms with van der Waals surface area (Å²) in [5.41, 5.74) is 4.38. The summed E-state index contributed by atoms with van der Waals surface area (Å²) in [6.07, 6.45) is 0. The molecule has 2 nitrogen and oxygen atoms in total. The third-order valence-corrected chi connectivity index (χ3v) is 3.59. The Hall–Kier alpha value is -2.30. The van der Waals surface area contributed by atoms with Gasteiger partial charge in [-0.15, -0.1) is 0 Å². The molecule has 0 heterocycles. The molecule has 1 unspecified atom stereocenters. The predicted molar refractivity (Wildman–Crippen MR) is 79.5 cm³/mol. The molecule has 0 spiro atoms. The summed E-state index contributed by atoms with van der Waals surface area (Å²) in [7, 11) is 0. The van der Waals surface area contributed by atoms with Gasteiger partial charge in [0.15, 0.2) is 0 Å². The molecule has 0 aliphatic heterocycles. The van der Waals surface area contributed by atoms with E-state index in [4.69, 9.17) is 5.84 Å². The first-order valence-electron chi connectivity index (χ1n) is 6.59. The van der Waals surface area contributed by atoms with Crippen LogP contribution in [0.25, 0.3) is 10.8 Å². The molecule has 0 fully saturated rings. The SMILES string of the molecule is NNC(c1ccc(F)cc1)c1ccc(F)c2ccccc12. The van der Waals surface area contributed by atoms with E-state index in [1.807, 2.05) is 12.1 Å². The Morgan fingerprint density at radius 1 is 0.810 bits per heavy atom. The number of fused-ring (bicyclic) bond motifs is 1. The van der Waals surface area contributed by atoms with E-state index >= 15 is 0 Å². The van der Waals surface area contributed by atoms with Crippen molar-refractivity contribution >= 4 is 10.8 Å². The number of hydrogen-bond donors (Lipinski definition) is 2. The molecule has 0 bridgehead atoms. The number of rotatable bonds is 3. The number of nitrogens with one attached hydrogen (secondary N) is 1. The Kier molecular flexibility index (Phi) is 3.64. The third-order valence-electron chi connectivity index (χ3n) is 3.59. The molecular formula is C17H14F2N2. The molecule has 106 valence electrons. The Morgan fingerprint density at radius 3 is 2.14 bits per heavy atom. The summed E-state index contributed by atoms with van der Waals surface area (Å²) in [6.45, 7) is 0. The summed E-state index contributed by atoms with van der Waals surface area (Å²) in [5.74, 6) is 5.09. The number of hydrogen-bond acceptors (Lipinski definition) is 2. The van der Waals surface area contributed by atoms with Crippen LogP contribution in [-0.2, 0) is 0 Å². The molecule has 0 radical (unpaired) electrons. The Bertz CT molecular complexity index is 769. The number of hydrazine groups is 1. The minimum absolute atomic E-state index is 0.274. The van der Waals surface area contributed by atoms with Gasteiger partial charge in [-0.1, -0.05) is 42.5 Å². The summed E-state index contributed by atoms with van der Waals surface area (Å²) in [5, 5.41) is 1.32. The fourth-order valence-electron chi connectivity index (χ4n) is 2.56. The second-order valence-corrected chi connectivity index (χ2v) is 4.83. The Labute approximate surface area is 121 Å². The summed E-state index contributed by atoms with van der Waals surface area (Å²) < 4.78 is 26.9. The molecule has 3 rings (SSSR count). The van der Waals surface area contributed by atoms with Crippen LogP contribution < -0.4 is 11.3 Å². The minimum atomic E-state index is -0.337. The molecular weight excluding hydrogens is 270 g/mol. The first-order chi connectivity index (χ1) is 10.2. The van der Waals surface area contributed by atoms with Crippen LogP contribution in [0.15, 0.2) is 60.7 Å². The molecule has 3 N–H and O–H groups in total. The monoisotopic (exact) mass is 284 g/mol. The van der Waals surface area contributed by atoms with E-state index in [-0.39, 0.29) is 17.7 Å². The van der Waals surface area contributed by atoms with Crippen molar-refractivity contribution in [3.05, 3.63) is 83.4 Å². The standard InChI is InChI=1S/C17H14F2N2/c18-12-7-5-11(6-8-12)17(21-20)15-9-10-16(19)14-4-2-1-3-13(14)15/h1-10,17,21H,20H2. The van der Waals surface area contributed by atoms with Crippen molar-refractivity contribution in [3.8, 4) is 0 Å². The highest BCUT2D eigenvalue weighted by atomic mass is 19.1. The largest absolute Gasteiger partial charge is 0.271 e. The fourth-order valence-corrected chi connectivity index (χ4v) is 2.56. The van der Waals surface area contributed by atoms with Crippen molar-refractivity contribution in [1.82, 2.24) is 5.43 Å². The van der Waals surface area contributed by atoms with Gasteiger partial charge in [0.1, 0.15) is 11.6 Å². The zero-order valence-electron chi connectivity index (χ0n) is 11.2. The number of halogens is 2. The van der Waals surface area contributed by atoms with Crippen molar-refractivity contribution in [2.24, 2.45) is 5.84 Å². The van der Waals surface area contributed by atoms with Crippen LogP contribution in [-0.4, -0.2) is 0 Å². The van der Waals surface area contributed by atoms with Crippen molar-refractivity contribution < 1.29 is 8.78 Å². The first-order valence-corrected chi connectivity index (χ1v) is 6.59. The molecule has 0 saturated heterocycles. The average Bonchev–Trinajstić information content (AvgIpc) is 2.52. The summed E-state index contributed by atoms with van der Waals surface area (Å²) in [6, 6.07) is 16.1. The lowest BCUT2D eigenvalue weighted by atomic mass is 9.94. The quantitative estimate of drug-likeness (QED) is 0.569. The topological polar surface area (TPSA) is 38.0 Å². The van der Waals surface area contributed by atoms with Gasteiger partial charge in [0.05, 0.1) is 6.04 Å². The summed E-state index contributed by atoms with van der Waals surface area (Å²) >= 11 is 0. The van der Waals surface area contributed by atoms with Crippen LogP contribution >= 0.6 is 0 Å². The Morgan fingerprint density at radius 2 is 1.48 bits per heavy atom. The zero-order valence-corrected chi connectivity index (χ0v) is 11.2. The molecule has 0 aliphatic rings. The van der Waals surface area contributed by atoms with Gasteiger partial charge in [0, 0.05) is 5.39 Å². The van der Waals surface area contributed by atoms with Crippen LogP contribution in [0, 0.1) is 11.6 Å². The zero-order chi connectivity index (χ0) is 14.8. The molecule has 3 aromatic rings. The smallest absolute Gasteiger partial charge is 0.131 e. The lowest BCUT2D eigenvalue weighted by Gasteiger charge is -2.19. The van der Waals surface area contributed by atoms with E-state index in [1.165, 1.54) is 18.2 Å². The second kappa shape index (κ2) is 5.60. The van der Waals surface area contributed by atoms with Gasteiger partial charge in [0.2, 0.25) is 0 Å². The number of benzene rings is 3. The van der Waals surface area contributed by atoms with E-state index < -0.39 is 0 Å². The van der Waals surface area contributed by atoms with Gasteiger partial charge in [0.25, 0.3) is 0 Å². The van der Waals surface area contributed by atoms with Crippen molar-refractivity contribution in [2.45, 2.75) is 6.04 Å². The number of nitrogens with two attached hydrogens (primary N) is 1. The Balaban J connectivity index is 2.17. The lowest BCUT2D eigenvalue weighted by molar-refractivity contribution is 0.615. The van der Waals surface area contributed by atoms with Crippen molar-refractivity contribution in [2.75, 3.05) is 0 Å². The van der Waals surface area contributed by atoms with Gasteiger partial charge in [-0.3, -0.25) is 5.84 Å². The van der Waals surface area contributed by atoms with Gasteiger partial charge in [-0.05, 0) is 34.7 Å². The molecule has 0 amide bonds. The molecule has 0 aliphatic carbocycles. The fraction of sp³-hybridized carbons (Fsp3) is 0.0588. The minimum Gasteiger partial charge on any atom is -0.271 e. The highest BCUT2D eigenvalue weighted by molar-refractivity contribution is 5.87. The maximum absolute atomic E-state index is 13.9. The van der Waals surface area contributed by atoms with Crippen LogP contribution in [0.4, 0.5) is 8.78 Å². The second-order valence-electron chi connectivity index (χ2n) is 4.83. The van der Waals surface area contributed by atoms with Gasteiger partial charge >= 0.3 is 0 Å². The maximum atomic E-state index is 13.9. The highest BCUT2D eigenvalue weighted by Gasteiger charge is 2.16. The van der Waals surface area contributed by atoms with Gasteiger partial charge in [-0.2, -0.15) is 0 Å². The van der Waals surface area contributed by atoms with Crippen LogP contribution in [0.1, 0.15) is 17.2 Å². The normalized spacial score (nSPS) is 12.5. The van der Waals surface area contributed by atoms with Crippen molar-refractivity contribution in [3.63, 3.8) is 0 Å². The van der Waals surface area contributed by atoms with E-state index in [9.17, 15) is 8.78 Å². The molecule has 1 atom stereocenters. The molecule has 0 saturated carbocycles. The van der Waals surface area contributed by atoms with E-state index in [0.717, 1.165) is 16.5 Å². The van der Waals surface area contributed by atoms with E-state index in [1.54, 1.807) is 30.3 Å². The maximum Gasteiger partial charge on any atom is 0.131 e. The van der Waals surface area contributed by atoms with Gasteiger partial charge in [-0.25, -0.2) is 14.2 Å². The first kappa shape index (κ1) is 13.7. The molecule has 4 heteroatoms. The van der Waals surface area contributed by atoms with E-state index in [2.05, 4.69) is 5.43 Å². The predicted octanol–water partition coefficient (Wildman–Crippen LogP) is 3.67. The van der Waals surface area contributed by atoms with Crippen LogP contribution in [0.2, 0.25) is 0 Å². The molecule has 0 aromatic heterocycles. The highest BCUT2D eigenvalue weighted by Crippen LogP contribution is 2.30. The average molecular weight is 284 g/mol. The molecule has 21 heavy (non-hydrogen) atoms. The third kappa shape index (κ3) is 2.51. The van der Waals surface area contributed by atoms with Crippen molar-refractivity contribution in [1.29, 1.82) is 0 Å². The van der Waals surface area contributed by atoms with Crippen LogP contribution in [0.3, 0.4) is 0 Å². The molecule has 3 aromatic carbocycles. The van der Waals surface area contributed by atoms with E-state index in [0.29, 0.717) is 5.39 Å². The summed E-state index contributed by atoms with van der Waals surface area (Å²) in [4.78, 5) is 0. The van der Waals surface area contributed by atoms with Gasteiger partial charge < -0.3 is 0 Å². The lowest BCUT2D eigenvalue weighted by Crippen LogP contribution is -2.29.